The predicted molar refractivity (Wildman–Crippen MR) is 141 cm³/mol. The van der Waals surface area contributed by atoms with E-state index in [1.807, 2.05) is 6.07 Å². The van der Waals surface area contributed by atoms with Crippen molar-refractivity contribution in [3.05, 3.63) is 119 Å². The van der Waals surface area contributed by atoms with Crippen molar-refractivity contribution in [2.45, 2.75) is 31.7 Å². The zero-order valence-electron chi connectivity index (χ0n) is 19.6. The second-order valence-electron chi connectivity index (χ2n) is 9.30. The summed E-state index contributed by atoms with van der Waals surface area (Å²) in [5.41, 5.74) is 4.38. The minimum absolute atomic E-state index is 0. The molecule has 0 saturated heterocycles. The van der Waals surface area contributed by atoms with Crippen LogP contribution in [0.5, 0.6) is 0 Å². The monoisotopic (exact) mass is 489 g/mol. The Labute approximate surface area is 211 Å². The third-order valence-corrected chi connectivity index (χ3v) is 7.13. The molecule has 0 radical (unpaired) electrons. The fourth-order valence-corrected chi connectivity index (χ4v) is 5.39. The van der Waals surface area contributed by atoms with Gasteiger partial charge < -0.3 is 10.4 Å². The topological polar surface area (TPSA) is 49.3 Å². The third-order valence-electron chi connectivity index (χ3n) is 7.13. The summed E-state index contributed by atoms with van der Waals surface area (Å²) in [5, 5.41) is 15.7. The van der Waals surface area contributed by atoms with E-state index in [1.54, 1.807) is 6.07 Å². The molecule has 0 aromatic heterocycles. The number of rotatable bonds is 6. The first-order valence-corrected chi connectivity index (χ1v) is 11.8. The molecule has 3 atom stereocenters. The van der Waals surface area contributed by atoms with E-state index < -0.39 is 11.8 Å². The number of benzene rings is 4. The summed E-state index contributed by atoms with van der Waals surface area (Å²) < 4.78 is 14.1. The molecule has 0 spiro atoms. The molecule has 0 heterocycles. The summed E-state index contributed by atoms with van der Waals surface area (Å²) in [6, 6.07) is 28.0. The van der Waals surface area contributed by atoms with E-state index in [0.717, 1.165) is 24.9 Å². The first kappa shape index (κ1) is 24.9. The highest BCUT2D eigenvalue weighted by atomic mass is 35.5. The standard InChI is InChI=1S/C30H28FNO2.ClH/c1-19(24-12-6-9-21-7-2-4-10-25(21)24)32-18-20-15-22-8-3-5-11-26(22)27(16-20)23-13-14-29(31)28(17-23)30(33)34;/h2-14,17,19-20,27,32H,15-16,18H2,1H3,(H,33,34);1H/t19-,20?,27?;/m1./s1. The maximum absolute atomic E-state index is 14.1. The quantitative estimate of drug-likeness (QED) is 0.302. The van der Waals surface area contributed by atoms with Crippen molar-refractivity contribution in [2.75, 3.05) is 6.54 Å². The summed E-state index contributed by atoms with van der Waals surface area (Å²) in [4.78, 5) is 11.5. The summed E-state index contributed by atoms with van der Waals surface area (Å²) >= 11 is 0. The lowest BCUT2D eigenvalue weighted by atomic mass is 9.73. The van der Waals surface area contributed by atoms with Crippen LogP contribution in [0.25, 0.3) is 10.8 Å². The molecule has 1 aliphatic carbocycles. The van der Waals surface area contributed by atoms with Gasteiger partial charge >= 0.3 is 5.97 Å². The summed E-state index contributed by atoms with van der Waals surface area (Å²) in [6.07, 6.45) is 1.85. The van der Waals surface area contributed by atoms with Crippen molar-refractivity contribution in [1.82, 2.24) is 5.32 Å². The smallest absolute Gasteiger partial charge is 0.338 e. The van der Waals surface area contributed by atoms with Gasteiger partial charge in [0.15, 0.2) is 0 Å². The van der Waals surface area contributed by atoms with Gasteiger partial charge in [0.2, 0.25) is 0 Å². The van der Waals surface area contributed by atoms with E-state index in [1.165, 1.54) is 39.6 Å². The molecule has 0 saturated carbocycles. The number of fused-ring (bicyclic) bond motifs is 2. The van der Waals surface area contributed by atoms with Gasteiger partial charge in [-0.2, -0.15) is 0 Å². The highest BCUT2D eigenvalue weighted by molar-refractivity contribution is 5.88. The fourth-order valence-electron chi connectivity index (χ4n) is 5.39. The molecule has 3 nitrogen and oxygen atoms in total. The molecule has 35 heavy (non-hydrogen) atoms. The minimum Gasteiger partial charge on any atom is -0.478 e. The second kappa shape index (κ2) is 10.6. The number of hydrogen-bond acceptors (Lipinski definition) is 2. The van der Waals surface area contributed by atoms with E-state index in [0.29, 0.717) is 5.92 Å². The molecule has 0 bridgehead atoms. The number of hydrogen-bond donors (Lipinski definition) is 2. The second-order valence-corrected chi connectivity index (χ2v) is 9.30. The molecule has 4 aromatic carbocycles. The first-order chi connectivity index (χ1) is 16.5. The Hall–Kier alpha value is -3.21. The van der Waals surface area contributed by atoms with Crippen molar-refractivity contribution in [3.8, 4) is 0 Å². The highest BCUT2D eigenvalue weighted by Gasteiger charge is 2.29. The summed E-state index contributed by atoms with van der Waals surface area (Å²) in [6.45, 7) is 3.05. The van der Waals surface area contributed by atoms with Gasteiger partial charge in [-0.3, -0.25) is 0 Å². The predicted octanol–water partition coefficient (Wildman–Crippen LogP) is 7.14. The van der Waals surface area contributed by atoms with Crippen molar-refractivity contribution in [3.63, 3.8) is 0 Å². The molecule has 2 N–H and O–H groups in total. The molecule has 1 aliphatic rings. The van der Waals surface area contributed by atoms with E-state index in [-0.39, 0.29) is 29.9 Å². The van der Waals surface area contributed by atoms with Crippen molar-refractivity contribution in [1.29, 1.82) is 0 Å². The van der Waals surface area contributed by atoms with Crippen LogP contribution in [0.1, 0.15) is 57.9 Å². The van der Waals surface area contributed by atoms with Crippen LogP contribution in [-0.2, 0) is 6.42 Å². The molecule has 5 rings (SSSR count). The molecule has 0 aliphatic heterocycles. The zero-order valence-corrected chi connectivity index (χ0v) is 20.4. The van der Waals surface area contributed by atoms with E-state index in [9.17, 15) is 14.3 Å². The van der Waals surface area contributed by atoms with Crippen LogP contribution in [0.15, 0.2) is 84.9 Å². The SMILES string of the molecule is C[C@@H](NCC1Cc2ccccc2C(c2ccc(F)c(C(=O)O)c2)C1)c1cccc2ccccc12.Cl. The van der Waals surface area contributed by atoms with Gasteiger partial charge in [-0.25, -0.2) is 9.18 Å². The lowest BCUT2D eigenvalue weighted by Crippen LogP contribution is -2.31. The van der Waals surface area contributed by atoms with Crippen LogP contribution in [0.4, 0.5) is 4.39 Å². The van der Waals surface area contributed by atoms with Crippen LogP contribution >= 0.6 is 12.4 Å². The molecule has 0 amide bonds. The van der Waals surface area contributed by atoms with Crippen molar-refractivity contribution >= 4 is 29.1 Å². The average Bonchev–Trinajstić information content (AvgIpc) is 2.86. The van der Waals surface area contributed by atoms with Gasteiger partial charge in [-0.1, -0.05) is 72.8 Å². The van der Waals surface area contributed by atoms with Crippen LogP contribution in [0.3, 0.4) is 0 Å². The Morgan fingerprint density at radius 1 is 1.03 bits per heavy atom. The summed E-state index contributed by atoms with van der Waals surface area (Å²) in [5.74, 6) is -1.49. The lowest BCUT2D eigenvalue weighted by molar-refractivity contribution is 0.0691. The lowest BCUT2D eigenvalue weighted by Gasteiger charge is -2.33. The normalized spacial score (nSPS) is 17.9. The molecular weight excluding hydrogens is 461 g/mol. The fraction of sp³-hybridized carbons (Fsp3) is 0.233. The van der Waals surface area contributed by atoms with Crippen LogP contribution in [0, 0.1) is 11.7 Å². The van der Waals surface area contributed by atoms with Crippen molar-refractivity contribution < 1.29 is 14.3 Å². The molecule has 0 fully saturated rings. The van der Waals surface area contributed by atoms with E-state index in [2.05, 4.69) is 72.9 Å². The largest absolute Gasteiger partial charge is 0.478 e. The van der Waals surface area contributed by atoms with Crippen LogP contribution in [-0.4, -0.2) is 17.6 Å². The summed E-state index contributed by atoms with van der Waals surface area (Å²) in [7, 11) is 0. The molecule has 4 aromatic rings. The van der Waals surface area contributed by atoms with E-state index >= 15 is 0 Å². The first-order valence-electron chi connectivity index (χ1n) is 11.8. The van der Waals surface area contributed by atoms with Gasteiger partial charge in [0.1, 0.15) is 5.82 Å². The van der Waals surface area contributed by atoms with Gasteiger partial charge in [0.25, 0.3) is 0 Å². The number of carboxylic acid groups (broad SMARTS) is 1. The molecule has 2 unspecified atom stereocenters. The number of carbonyl (C=O) groups is 1. The molecule has 5 heteroatoms. The number of carboxylic acids is 1. The molecule has 180 valence electrons. The van der Waals surface area contributed by atoms with Crippen molar-refractivity contribution in [2.24, 2.45) is 5.92 Å². The zero-order chi connectivity index (χ0) is 23.7. The number of nitrogens with one attached hydrogen (secondary N) is 1. The van der Waals surface area contributed by atoms with Gasteiger partial charge in [0, 0.05) is 12.0 Å². The third kappa shape index (κ3) is 5.09. The Morgan fingerprint density at radius 2 is 1.77 bits per heavy atom. The van der Waals surface area contributed by atoms with Gasteiger partial charge in [-0.15, -0.1) is 12.4 Å². The molecular formula is C30H29ClFNO2. The van der Waals surface area contributed by atoms with Gasteiger partial charge in [-0.05, 0) is 77.4 Å². The number of halogens is 2. The van der Waals surface area contributed by atoms with Gasteiger partial charge in [0.05, 0.1) is 5.56 Å². The Kier molecular flexibility index (Phi) is 7.54. The van der Waals surface area contributed by atoms with Crippen LogP contribution < -0.4 is 5.32 Å². The average molecular weight is 490 g/mol. The van der Waals surface area contributed by atoms with E-state index in [4.69, 9.17) is 0 Å². The Morgan fingerprint density at radius 3 is 2.60 bits per heavy atom. The Balaban J connectivity index is 0.00000289. The number of aromatic carboxylic acids is 1. The maximum Gasteiger partial charge on any atom is 0.338 e. The van der Waals surface area contributed by atoms with Crippen LogP contribution in [0.2, 0.25) is 0 Å². The highest BCUT2D eigenvalue weighted by Crippen LogP contribution is 2.40. The minimum atomic E-state index is -1.23. The Bertz CT molecular complexity index is 1350. The maximum atomic E-state index is 14.1.